The third-order valence-corrected chi connectivity index (χ3v) is 4.79. The van der Waals surface area contributed by atoms with Gasteiger partial charge in [0, 0.05) is 16.6 Å². The lowest BCUT2D eigenvalue weighted by molar-refractivity contribution is 0.425. The quantitative estimate of drug-likeness (QED) is 0.704. The van der Waals surface area contributed by atoms with E-state index in [1.165, 1.54) is 17.7 Å². The number of rotatable bonds is 1. The second-order valence-corrected chi connectivity index (χ2v) is 6.20. The highest BCUT2D eigenvalue weighted by molar-refractivity contribution is 6.30. The van der Waals surface area contributed by atoms with Crippen LogP contribution in [0.15, 0.2) is 54.6 Å². The summed E-state index contributed by atoms with van der Waals surface area (Å²) < 4.78 is 13.2. The first-order valence-corrected chi connectivity index (χ1v) is 7.58. The van der Waals surface area contributed by atoms with Crippen molar-refractivity contribution in [2.24, 2.45) is 5.92 Å². The summed E-state index contributed by atoms with van der Waals surface area (Å²) in [5, 5.41) is 4.38. The summed E-state index contributed by atoms with van der Waals surface area (Å²) in [7, 11) is 0. The van der Waals surface area contributed by atoms with E-state index >= 15 is 0 Å². The molecule has 0 amide bonds. The number of benzene rings is 2. The normalized spacial score (nSPS) is 26.1. The van der Waals surface area contributed by atoms with E-state index in [4.69, 9.17) is 11.6 Å². The van der Waals surface area contributed by atoms with Crippen molar-refractivity contribution < 1.29 is 4.39 Å². The highest BCUT2D eigenvalue weighted by atomic mass is 35.5. The van der Waals surface area contributed by atoms with Gasteiger partial charge in [-0.05, 0) is 53.8 Å². The predicted molar refractivity (Wildman–Crippen MR) is 84.2 cm³/mol. The average Bonchev–Trinajstić information content (AvgIpc) is 2.97. The van der Waals surface area contributed by atoms with Gasteiger partial charge in [0.15, 0.2) is 0 Å². The Balaban J connectivity index is 1.78. The van der Waals surface area contributed by atoms with Crippen LogP contribution in [0.2, 0.25) is 5.02 Å². The smallest absolute Gasteiger partial charge is 0.123 e. The van der Waals surface area contributed by atoms with Crippen molar-refractivity contribution in [3.05, 3.63) is 76.6 Å². The van der Waals surface area contributed by atoms with E-state index in [9.17, 15) is 4.39 Å². The second kappa shape index (κ2) is 4.88. The molecule has 3 atom stereocenters. The summed E-state index contributed by atoms with van der Waals surface area (Å²) in [5.74, 6) is 0.652. The molecule has 0 bridgehead atoms. The summed E-state index contributed by atoms with van der Waals surface area (Å²) in [6.45, 7) is 0. The summed E-state index contributed by atoms with van der Waals surface area (Å²) >= 11 is 6.14. The van der Waals surface area contributed by atoms with Crippen molar-refractivity contribution in [3.8, 4) is 0 Å². The Labute approximate surface area is 128 Å². The first-order valence-electron chi connectivity index (χ1n) is 7.20. The van der Waals surface area contributed by atoms with E-state index in [-0.39, 0.29) is 11.9 Å². The minimum atomic E-state index is -0.192. The van der Waals surface area contributed by atoms with E-state index in [2.05, 4.69) is 23.5 Å². The minimum Gasteiger partial charge on any atom is -0.378 e. The number of anilines is 1. The van der Waals surface area contributed by atoms with Gasteiger partial charge >= 0.3 is 0 Å². The average molecular weight is 300 g/mol. The van der Waals surface area contributed by atoms with Gasteiger partial charge in [-0.15, -0.1) is 0 Å². The Morgan fingerprint density at radius 1 is 1.10 bits per heavy atom. The third kappa shape index (κ3) is 2.14. The van der Waals surface area contributed by atoms with E-state index in [0.29, 0.717) is 11.8 Å². The Kier molecular flexibility index (Phi) is 3.00. The summed E-state index contributed by atoms with van der Waals surface area (Å²) in [4.78, 5) is 0. The van der Waals surface area contributed by atoms with Gasteiger partial charge in [0.2, 0.25) is 0 Å². The topological polar surface area (TPSA) is 12.0 Å². The highest BCUT2D eigenvalue weighted by Crippen LogP contribution is 2.50. The zero-order valence-electron chi connectivity index (χ0n) is 11.4. The number of nitrogens with one attached hydrogen (secondary N) is 1. The van der Waals surface area contributed by atoms with E-state index in [1.54, 1.807) is 0 Å². The molecule has 1 nitrogen and oxygen atoms in total. The van der Waals surface area contributed by atoms with Crippen molar-refractivity contribution in [2.45, 2.75) is 18.4 Å². The van der Waals surface area contributed by atoms with Crippen LogP contribution in [0.1, 0.15) is 29.5 Å². The molecular formula is C18H15ClFN. The number of halogens is 2. The molecule has 0 radical (unpaired) electrons. The maximum absolute atomic E-state index is 13.2. The molecule has 0 saturated carbocycles. The molecule has 1 aliphatic carbocycles. The Morgan fingerprint density at radius 2 is 1.90 bits per heavy atom. The van der Waals surface area contributed by atoms with Crippen LogP contribution >= 0.6 is 11.6 Å². The molecule has 21 heavy (non-hydrogen) atoms. The molecule has 106 valence electrons. The maximum Gasteiger partial charge on any atom is 0.123 e. The standard InChI is InChI=1S/C18H15ClFN/c19-12-6-9-17-16(10-12)14-2-1-3-15(14)18(21-17)11-4-7-13(20)8-5-11/h1-2,4-10,14-15,18,21H,3H2/t14-,15-,18-/m0/s1. The predicted octanol–water partition coefficient (Wildman–Crippen LogP) is 5.31. The monoisotopic (exact) mass is 299 g/mol. The Morgan fingerprint density at radius 3 is 2.71 bits per heavy atom. The first-order chi connectivity index (χ1) is 10.2. The van der Waals surface area contributed by atoms with Crippen molar-refractivity contribution in [2.75, 3.05) is 5.32 Å². The van der Waals surface area contributed by atoms with Crippen LogP contribution in [0.5, 0.6) is 0 Å². The van der Waals surface area contributed by atoms with Crippen LogP contribution in [-0.2, 0) is 0 Å². The number of allylic oxidation sites excluding steroid dienone is 2. The van der Waals surface area contributed by atoms with E-state index in [0.717, 1.165) is 22.7 Å². The second-order valence-electron chi connectivity index (χ2n) is 5.76. The molecule has 4 rings (SSSR count). The fourth-order valence-corrected chi connectivity index (χ4v) is 3.75. The molecule has 1 aliphatic heterocycles. The number of hydrogen-bond donors (Lipinski definition) is 1. The first kappa shape index (κ1) is 12.9. The van der Waals surface area contributed by atoms with Gasteiger partial charge in [-0.1, -0.05) is 35.9 Å². The lowest BCUT2D eigenvalue weighted by atomic mass is 9.77. The molecular weight excluding hydrogens is 285 g/mol. The Hall–Kier alpha value is -1.80. The van der Waals surface area contributed by atoms with Gasteiger partial charge in [0.1, 0.15) is 5.82 Å². The molecule has 2 aliphatic rings. The van der Waals surface area contributed by atoms with Crippen molar-refractivity contribution >= 4 is 17.3 Å². The summed E-state index contributed by atoms with van der Waals surface area (Å²) in [5.41, 5.74) is 3.52. The molecule has 0 fully saturated rings. The molecule has 0 saturated heterocycles. The molecule has 3 heteroatoms. The molecule has 2 aromatic rings. The van der Waals surface area contributed by atoms with Crippen LogP contribution in [-0.4, -0.2) is 0 Å². The molecule has 0 spiro atoms. The SMILES string of the molecule is Fc1ccc([C@@H]2Nc3ccc(Cl)cc3[C@H]3C=CC[C@@H]32)cc1. The summed E-state index contributed by atoms with van der Waals surface area (Å²) in [6, 6.07) is 13.0. The van der Waals surface area contributed by atoms with Crippen molar-refractivity contribution in [1.29, 1.82) is 0 Å². The number of hydrogen-bond acceptors (Lipinski definition) is 1. The molecule has 2 aromatic carbocycles. The fraction of sp³-hybridized carbons (Fsp3) is 0.222. The van der Waals surface area contributed by atoms with E-state index in [1.807, 2.05) is 24.3 Å². The maximum atomic E-state index is 13.2. The van der Waals surface area contributed by atoms with Gasteiger partial charge in [-0.2, -0.15) is 0 Å². The van der Waals surface area contributed by atoms with Gasteiger partial charge in [0.05, 0.1) is 6.04 Å². The van der Waals surface area contributed by atoms with Crippen molar-refractivity contribution in [1.82, 2.24) is 0 Å². The van der Waals surface area contributed by atoms with Crippen molar-refractivity contribution in [3.63, 3.8) is 0 Å². The van der Waals surface area contributed by atoms with Gasteiger partial charge in [-0.3, -0.25) is 0 Å². The molecule has 1 N–H and O–H groups in total. The Bertz CT molecular complexity index is 708. The fourth-order valence-electron chi connectivity index (χ4n) is 3.57. The van der Waals surface area contributed by atoms with Crippen LogP contribution in [0, 0.1) is 11.7 Å². The largest absolute Gasteiger partial charge is 0.378 e. The molecule has 0 aromatic heterocycles. The zero-order chi connectivity index (χ0) is 14.4. The minimum absolute atomic E-state index is 0.192. The highest BCUT2D eigenvalue weighted by Gasteiger charge is 2.37. The van der Waals surface area contributed by atoms with Gasteiger partial charge < -0.3 is 5.32 Å². The zero-order valence-corrected chi connectivity index (χ0v) is 12.1. The lowest BCUT2D eigenvalue weighted by Gasteiger charge is -2.37. The van der Waals surface area contributed by atoms with Gasteiger partial charge in [0.25, 0.3) is 0 Å². The van der Waals surface area contributed by atoms with Crippen LogP contribution in [0.25, 0.3) is 0 Å². The summed E-state index contributed by atoms with van der Waals surface area (Å²) in [6.07, 6.45) is 5.55. The number of fused-ring (bicyclic) bond motifs is 3. The van der Waals surface area contributed by atoms with Gasteiger partial charge in [-0.25, -0.2) is 4.39 Å². The van der Waals surface area contributed by atoms with Crippen LogP contribution < -0.4 is 5.32 Å². The lowest BCUT2D eigenvalue weighted by Crippen LogP contribution is -2.29. The molecule has 1 heterocycles. The van der Waals surface area contributed by atoms with E-state index < -0.39 is 0 Å². The molecule has 0 unspecified atom stereocenters. The van der Waals surface area contributed by atoms with Crippen LogP contribution in [0.4, 0.5) is 10.1 Å². The third-order valence-electron chi connectivity index (χ3n) is 4.55. The van der Waals surface area contributed by atoms with Crippen LogP contribution in [0.3, 0.4) is 0 Å².